The number of hydrogen-bond donors (Lipinski definition) is 1. The fourth-order valence-corrected chi connectivity index (χ4v) is 3.98. The van der Waals surface area contributed by atoms with E-state index in [1.54, 1.807) is 24.9 Å². The number of carboxylic acids is 1. The molecular weight excluding hydrogens is 458 g/mol. The standard InChI is InChI=1S/C26H26ClNO4S/c1-31-23-12-8-19(9-13-23)5-2-3-16-32-25(26(29)30)17-21-6-4-7-22(28-21)18-33-24-14-10-20(27)11-15-24/h4,6-15,17H,2-3,5,16,18H2,1H3,(H,29,30)/b25-17+. The van der Waals surface area contributed by atoms with Gasteiger partial charge in [-0.25, -0.2) is 4.79 Å². The monoisotopic (exact) mass is 483 g/mol. The van der Waals surface area contributed by atoms with Crippen LogP contribution in [0, 0.1) is 0 Å². The molecule has 33 heavy (non-hydrogen) atoms. The zero-order valence-electron chi connectivity index (χ0n) is 18.4. The lowest BCUT2D eigenvalue weighted by atomic mass is 10.1. The second-order valence-electron chi connectivity index (χ2n) is 7.26. The molecule has 1 aromatic heterocycles. The van der Waals surface area contributed by atoms with E-state index in [4.69, 9.17) is 21.1 Å². The average molecular weight is 484 g/mol. The Kier molecular flexibility index (Phi) is 9.66. The highest BCUT2D eigenvalue weighted by Crippen LogP contribution is 2.24. The van der Waals surface area contributed by atoms with E-state index in [2.05, 4.69) is 4.98 Å². The molecule has 2 aromatic carbocycles. The summed E-state index contributed by atoms with van der Waals surface area (Å²) in [6.45, 7) is 0.334. The van der Waals surface area contributed by atoms with Gasteiger partial charge in [-0.2, -0.15) is 0 Å². The van der Waals surface area contributed by atoms with Crippen LogP contribution in [0.15, 0.2) is 77.4 Å². The second-order valence-corrected chi connectivity index (χ2v) is 8.75. The minimum atomic E-state index is -1.10. The molecule has 3 aromatic rings. The number of aliphatic carboxylic acids is 1. The number of thioether (sulfide) groups is 1. The lowest BCUT2D eigenvalue weighted by Gasteiger charge is -2.08. The molecule has 0 amide bonds. The van der Waals surface area contributed by atoms with Gasteiger partial charge in [0.1, 0.15) is 5.75 Å². The maximum Gasteiger partial charge on any atom is 0.371 e. The number of benzene rings is 2. The van der Waals surface area contributed by atoms with Gasteiger partial charge in [-0.3, -0.25) is 4.98 Å². The number of rotatable bonds is 12. The highest BCUT2D eigenvalue weighted by Gasteiger charge is 2.10. The summed E-state index contributed by atoms with van der Waals surface area (Å²) < 4.78 is 10.7. The summed E-state index contributed by atoms with van der Waals surface area (Å²) in [5, 5.41) is 10.2. The van der Waals surface area contributed by atoms with Gasteiger partial charge >= 0.3 is 5.97 Å². The first-order valence-electron chi connectivity index (χ1n) is 10.6. The predicted octanol–water partition coefficient (Wildman–Crippen LogP) is 6.50. The zero-order chi connectivity index (χ0) is 23.5. The zero-order valence-corrected chi connectivity index (χ0v) is 19.9. The molecule has 0 saturated heterocycles. The van der Waals surface area contributed by atoms with Crippen LogP contribution in [0.1, 0.15) is 29.8 Å². The van der Waals surface area contributed by atoms with Crippen molar-refractivity contribution >= 4 is 35.4 Å². The number of halogens is 1. The van der Waals surface area contributed by atoms with E-state index in [0.717, 1.165) is 35.6 Å². The number of nitrogens with zero attached hydrogens (tertiary/aromatic N) is 1. The van der Waals surface area contributed by atoms with E-state index in [1.165, 1.54) is 11.6 Å². The van der Waals surface area contributed by atoms with Crippen molar-refractivity contribution in [2.75, 3.05) is 13.7 Å². The summed E-state index contributed by atoms with van der Waals surface area (Å²) in [5.41, 5.74) is 2.62. The molecule has 7 heteroatoms. The largest absolute Gasteiger partial charge is 0.497 e. The maximum atomic E-state index is 11.6. The third-order valence-electron chi connectivity index (χ3n) is 4.79. The fourth-order valence-electron chi connectivity index (χ4n) is 3.05. The summed E-state index contributed by atoms with van der Waals surface area (Å²) in [4.78, 5) is 17.3. The van der Waals surface area contributed by atoms with Crippen molar-refractivity contribution in [2.24, 2.45) is 0 Å². The molecule has 0 fully saturated rings. The van der Waals surface area contributed by atoms with Crippen molar-refractivity contribution < 1.29 is 19.4 Å². The Morgan fingerprint density at radius 3 is 2.52 bits per heavy atom. The smallest absolute Gasteiger partial charge is 0.371 e. The molecule has 0 unspecified atom stereocenters. The molecule has 3 rings (SSSR count). The van der Waals surface area contributed by atoms with Gasteiger partial charge in [0, 0.05) is 21.7 Å². The molecule has 0 radical (unpaired) electrons. The van der Waals surface area contributed by atoms with Gasteiger partial charge in [-0.05, 0) is 73.4 Å². The average Bonchev–Trinajstić information content (AvgIpc) is 2.83. The summed E-state index contributed by atoms with van der Waals surface area (Å²) in [6.07, 6.45) is 4.02. The third-order valence-corrected chi connectivity index (χ3v) is 6.09. The quantitative estimate of drug-likeness (QED) is 0.137. The molecule has 1 heterocycles. The summed E-state index contributed by atoms with van der Waals surface area (Å²) in [6, 6.07) is 21.1. The number of ether oxygens (including phenoxy) is 2. The molecule has 0 aliphatic heterocycles. The highest BCUT2D eigenvalue weighted by molar-refractivity contribution is 7.98. The van der Waals surface area contributed by atoms with E-state index in [1.807, 2.05) is 60.7 Å². The van der Waals surface area contributed by atoms with E-state index >= 15 is 0 Å². The number of pyridine rings is 1. The molecule has 5 nitrogen and oxygen atoms in total. The Balaban J connectivity index is 1.50. The molecule has 172 valence electrons. The number of aryl methyl sites for hydroxylation is 1. The van der Waals surface area contributed by atoms with Crippen LogP contribution < -0.4 is 4.74 Å². The SMILES string of the molecule is COc1ccc(CCCCO/C(=C/c2cccc(CSc3ccc(Cl)cc3)n2)C(=O)O)cc1. The van der Waals surface area contributed by atoms with Crippen LogP contribution in [-0.4, -0.2) is 29.8 Å². The second kappa shape index (κ2) is 12.9. The molecule has 0 bridgehead atoms. The third kappa shape index (κ3) is 8.48. The van der Waals surface area contributed by atoms with E-state index in [0.29, 0.717) is 23.1 Å². The van der Waals surface area contributed by atoms with Gasteiger partial charge in [-0.1, -0.05) is 29.8 Å². The minimum absolute atomic E-state index is 0.102. The highest BCUT2D eigenvalue weighted by atomic mass is 35.5. The first kappa shape index (κ1) is 24.7. The fraction of sp³-hybridized carbons (Fsp3) is 0.231. The number of hydrogen-bond acceptors (Lipinski definition) is 5. The Morgan fingerprint density at radius 1 is 1.06 bits per heavy atom. The first-order valence-corrected chi connectivity index (χ1v) is 11.9. The molecule has 0 saturated carbocycles. The maximum absolute atomic E-state index is 11.6. The molecule has 0 aliphatic rings. The summed E-state index contributed by atoms with van der Waals surface area (Å²) >= 11 is 7.56. The Morgan fingerprint density at radius 2 is 1.82 bits per heavy atom. The van der Waals surface area contributed by atoms with Gasteiger partial charge in [-0.15, -0.1) is 11.8 Å². The first-order chi connectivity index (χ1) is 16.0. The number of carbonyl (C=O) groups is 1. The van der Waals surface area contributed by atoms with Crippen molar-refractivity contribution in [1.29, 1.82) is 0 Å². The number of methoxy groups -OCH3 is 1. The Bertz CT molecular complexity index is 1070. The summed E-state index contributed by atoms with van der Waals surface area (Å²) in [7, 11) is 1.64. The number of unbranched alkanes of at least 4 members (excludes halogenated alkanes) is 1. The van der Waals surface area contributed by atoms with Gasteiger partial charge in [0.25, 0.3) is 0 Å². The van der Waals surface area contributed by atoms with E-state index < -0.39 is 5.97 Å². The van der Waals surface area contributed by atoms with Crippen LogP contribution >= 0.6 is 23.4 Å². The molecule has 0 spiro atoms. The van der Waals surface area contributed by atoms with Crippen LogP contribution in [-0.2, 0) is 21.7 Å². The van der Waals surface area contributed by atoms with Gasteiger partial charge in [0.2, 0.25) is 5.76 Å². The van der Waals surface area contributed by atoms with E-state index in [9.17, 15) is 9.90 Å². The van der Waals surface area contributed by atoms with Crippen LogP contribution in [0.2, 0.25) is 5.02 Å². The normalized spacial score (nSPS) is 11.3. The number of carboxylic acid groups (broad SMARTS) is 1. The molecule has 0 aliphatic carbocycles. The van der Waals surface area contributed by atoms with Crippen molar-refractivity contribution in [3.05, 3.63) is 94.5 Å². The van der Waals surface area contributed by atoms with Crippen molar-refractivity contribution in [3.8, 4) is 5.75 Å². The van der Waals surface area contributed by atoms with E-state index in [-0.39, 0.29) is 5.76 Å². The van der Waals surface area contributed by atoms with Gasteiger partial charge in [0.05, 0.1) is 25.1 Å². The predicted molar refractivity (Wildman–Crippen MR) is 133 cm³/mol. The van der Waals surface area contributed by atoms with Crippen molar-refractivity contribution in [2.45, 2.75) is 29.9 Å². The molecule has 1 N–H and O–H groups in total. The molecular formula is C26H26ClNO4S. The van der Waals surface area contributed by atoms with Crippen molar-refractivity contribution in [1.82, 2.24) is 4.98 Å². The minimum Gasteiger partial charge on any atom is -0.497 e. The molecule has 0 atom stereocenters. The Labute approximate surface area is 203 Å². The Hall–Kier alpha value is -2.96. The van der Waals surface area contributed by atoms with Crippen LogP contribution in [0.5, 0.6) is 5.75 Å². The van der Waals surface area contributed by atoms with Crippen LogP contribution in [0.25, 0.3) is 6.08 Å². The summed E-state index contributed by atoms with van der Waals surface area (Å²) in [5.74, 6) is 0.291. The van der Waals surface area contributed by atoms with Crippen LogP contribution in [0.4, 0.5) is 0 Å². The van der Waals surface area contributed by atoms with Gasteiger partial charge in [0.15, 0.2) is 0 Å². The lowest BCUT2D eigenvalue weighted by molar-refractivity contribution is -0.136. The van der Waals surface area contributed by atoms with Crippen molar-refractivity contribution in [3.63, 3.8) is 0 Å². The topological polar surface area (TPSA) is 68.7 Å². The van der Waals surface area contributed by atoms with Crippen LogP contribution in [0.3, 0.4) is 0 Å². The number of aromatic nitrogens is 1. The lowest BCUT2D eigenvalue weighted by Crippen LogP contribution is -2.07. The van der Waals surface area contributed by atoms with Gasteiger partial charge < -0.3 is 14.6 Å².